The molecule has 1 N–H and O–H groups in total. The summed E-state index contributed by atoms with van der Waals surface area (Å²) in [6.07, 6.45) is 2.67. The first-order valence-electron chi connectivity index (χ1n) is 7.79. The standard InChI is InChI=1S/C19H22N2O2/c1-3-15(2)17-9-11-18(12-10-17)21-19(22)14-23-20-13-16-7-5-4-6-8-16/h4-13,15H,3,14H2,1-2H3,(H,21,22)/b20-13-/t15-/m0/s1. The van der Waals surface area contributed by atoms with Gasteiger partial charge in [-0.1, -0.05) is 61.5 Å². The maximum Gasteiger partial charge on any atom is 0.265 e. The van der Waals surface area contributed by atoms with Gasteiger partial charge in [0.2, 0.25) is 0 Å². The Bertz CT molecular complexity index is 636. The van der Waals surface area contributed by atoms with Crippen LogP contribution in [0.2, 0.25) is 0 Å². The lowest BCUT2D eigenvalue weighted by molar-refractivity contribution is -0.120. The van der Waals surface area contributed by atoms with Gasteiger partial charge in [-0.05, 0) is 35.6 Å². The van der Waals surface area contributed by atoms with Crippen LogP contribution in [-0.4, -0.2) is 18.7 Å². The summed E-state index contributed by atoms with van der Waals surface area (Å²) < 4.78 is 0. The number of rotatable bonds is 7. The third-order valence-corrected chi connectivity index (χ3v) is 3.65. The fraction of sp³-hybridized carbons (Fsp3) is 0.263. The fourth-order valence-corrected chi connectivity index (χ4v) is 2.06. The van der Waals surface area contributed by atoms with Gasteiger partial charge in [-0.25, -0.2) is 0 Å². The summed E-state index contributed by atoms with van der Waals surface area (Å²) in [5.41, 5.74) is 2.96. The molecule has 0 aliphatic carbocycles. The van der Waals surface area contributed by atoms with E-state index in [1.807, 2.05) is 54.6 Å². The van der Waals surface area contributed by atoms with Crippen LogP contribution in [0, 0.1) is 0 Å². The van der Waals surface area contributed by atoms with Crippen LogP contribution >= 0.6 is 0 Å². The molecule has 0 aliphatic rings. The van der Waals surface area contributed by atoms with Gasteiger partial charge in [-0.3, -0.25) is 4.79 Å². The Hall–Kier alpha value is -2.62. The maximum absolute atomic E-state index is 11.8. The van der Waals surface area contributed by atoms with E-state index in [1.165, 1.54) is 5.56 Å². The van der Waals surface area contributed by atoms with Crippen molar-refractivity contribution < 1.29 is 9.63 Å². The lowest BCUT2D eigenvalue weighted by atomic mass is 9.99. The predicted octanol–water partition coefficient (Wildman–Crippen LogP) is 4.19. The summed E-state index contributed by atoms with van der Waals surface area (Å²) in [6, 6.07) is 17.5. The smallest absolute Gasteiger partial charge is 0.265 e. The number of nitrogens with zero attached hydrogens (tertiary/aromatic N) is 1. The molecule has 23 heavy (non-hydrogen) atoms. The van der Waals surface area contributed by atoms with Crippen molar-refractivity contribution in [3.05, 3.63) is 65.7 Å². The molecule has 0 spiro atoms. The van der Waals surface area contributed by atoms with Crippen LogP contribution in [0.3, 0.4) is 0 Å². The average molecular weight is 310 g/mol. The number of hydrogen-bond donors (Lipinski definition) is 1. The molecule has 4 nitrogen and oxygen atoms in total. The number of amides is 1. The van der Waals surface area contributed by atoms with Crippen LogP contribution in [0.4, 0.5) is 5.69 Å². The molecule has 120 valence electrons. The molecule has 2 rings (SSSR count). The topological polar surface area (TPSA) is 50.7 Å². The second kappa shape index (κ2) is 8.73. The van der Waals surface area contributed by atoms with Crippen molar-refractivity contribution in [2.24, 2.45) is 5.16 Å². The highest BCUT2D eigenvalue weighted by Crippen LogP contribution is 2.20. The van der Waals surface area contributed by atoms with Gasteiger partial charge in [0, 0.05) is 5.69 Å². The molecule has 0 fully saturated rings. The molecule has 1 atom stereocenters. The summed E-state index contributed by atoms with van der Waals surface area (Å²) in [4.78, 5) is 16.8. The summed E-state index contributed by atoms with van der Waals surface area (Å²) in [5.74, 6) is 0.293. The molecule has 0 radical (unpaired) electrons. The van der Waals surface area contributed by atoms with E-state index in [0.29, 0.717) is 5.92 Å². The Labute approximate surface area is 137 Å². The Balaban J connectivity index is 1.77. The number of benzene rings is 2. The van der Waals surface area contributed by atoms with Gasteiger partial charge in [0.15, 0.2) is 6.61 Å². The van der Waals surface area contributed by atoms with Gasteiger partial charge < -0.3 is 10.2 Å². The molecule has 4 heteroatoms. The second-order valence-corrected chi connectivity index (χ2v) is 5.40. The Morgan fingerprint density at radius 1 is 1.17 bits per heavy atom. The molecule has 0 saturated heterocycles. The van der Waals surface area contributed by atoms with E-state index in [4.69, 9.17) is 4.84 Å². The van der Waals surface area contributed by atoms with Crippen molar-refractivity contribution in [3.63, 3.8) is 0 Å². The van der Waals surface area contributed by atoms with Crippen LogP contribution in [-0.2, 0) is 9.63 Å². The quantitative estimate of drug-likeness (QED) is 0.616. The first-order chi connectivity index (χ1) is 11.2. The van der Waals surface area contributed by atoms with Crippen molar-refractivity contribution in [1.82, 2.24) is 0 Å². The van der Waals surface area contributed by atoms with E-state index in [1.54, 1.807) is 6.21 Å². The zero-order valence-electron chi connectivity index (χ0n) is 13.5. The molecule has 2 aromatic rings. The van der Waals surface area contributed by atoms with Crippen LogP contribution in [0.25, 0.3) is 0 Å². The van der Waals surface area contributed by atoms with E-state index in [2.05, 4.69) is 24.3 Å². The average Bonchev–Trinajstić information content (AvgIpc) is 2.59. The minimum Gasteiger partial charge on any atom is -0.386 e. The highest BCUT2D eigenvalue weighted by molar-refractivity contribution is 5.91. The Morgan fingerprint density at radius 3 is 2.52 bits per heavy atom. The third kappa shape index (κ3) is 5.58. The lowest BCUT2D eigenvalue weighted by Crippen LogP contribution is -2.17. The lowest BCUT2D eigenvalue weighted by Gasteiger charge is -2.10. The first kappa shape index (κ1) is 16.7. The Morgan fingerprint density at radius 2 is 1.87 bits per heavy atom. The van der Waals surface area contributed by atoms with E-state index >= 15 is 0 Å². The first-order valence-corrected chi connectivity index (χ1v) is 7.79. The molecule has 0 aromatic heterocycles. The van der Waals surface area contributed by atoms with E-state index in [-0.39, 0.29) is 12.5 Å². The summed E-state index contributed by atoms with van der Waals surface area (Å²) in [6.45, 7) is 4.23. The SMILES string of the molecule is CC[C@H](C)c1ccc(NC(=O)CO/N=C\c2ccccc2)cc1. The minimum atomic E-state index is -0.230. The van der Waals surface area contributed by atoms with Crippen LogP contribution in [0.5, 0.6) is 0 Å². The van der Waals surface area contributed by atoms with Crippen molar-refractivity contribution >= 4 is 17.8 Å². The summed E-state index contributed by atoms with van der Waals surface area (Å²) >= 11 is 0. The minimum absolute atomic E-state index is 0.115. The molecule has 0 bridgehead atoms. The summed E-state index contributed by atoms with van der Waals surface area (Å²) in [7, 11) is 0. The monoisotopic (exact) mass is 310 g/mol. The van der Waals surface area contributed by atoms with Gasteiger partial charge in [0.1, 0.15) is 0 Å². The zero-order valence-corrected chi connectivity index (χ0v) is 13.5. The normalized spacial score (nSPS) is 12.1. The van der Waals surface area contributed by atoms with Gasteiger partial charge in [-0.15, -0.1) is 0 Å². The zero-order chi connectivity index (χ0) is 16.5. The van der Waals surface area contributed by atoms with Crippen LogP contribution in [0.1, 0.15) is 37.3 Å². The summed E-state index contributed by atoms with van der Waals surface area (Å²) in [5, 5.41) is 6.57. The van der Waals surface area contributed by atoms with Gasteiger partial charge in [0.25, 0.3) is 5.91 Å². The van der Waals surface area contributed by atoms with Gasteiger partial charge in [0.05, 0.1) is 6.21 Å². The molecule has 1 amide bonds. The number of nitrogens with one attached hydrogen (secondary N) is 1. The highest BCUT2D eigenvalue weighted by Gasteiger charge is 2.05. The third-order valence-electron chi connectivity index (χ3n) is 3.65. The van der Waals surface area contributed by atoms with E-state index in [0.717, 1.165) is 17.7 Å². The predicted molar refractivity (Wildman–Crippen MR) is 93.8 cm³/mol. The molecule has 0 heterocycles. The molecule has 2 aromatic carbocycles. The van der Waals surface area contributed by atoms with Crippen molar-refractivity contribution in [3.8, 4) is 0 Å². The molecule has 0 unspecified atom stereocenters. The molecule has 0 aliphatic heterocycles. The van der Waals surface area contributed by atoms with Crippen LogP contribution in [0.15, 0.2) is 59.8 Å². The second-order valence-electron chi connectivity index (χ2n) is 5.40. The highest BCUT2D eigenvalue weighted by atomic mass is 16.6. The fourth-order valence-electron chi connectivity index (χ4n) is 2.06. The maximum atomic E-state index is 11.8. The van der Waals surface area contributed by atoms with Crippen molar-refractivity contribution in [1.29, 1.82) is 0 Å². The van der Waals surface area contributed by atoms with E-state index < -0.39 is 0 Å². The number of hydrogen-bond acceptors (Lipinski definition) is 3. The number of carbonyl (C=O) groups excluding carboxylic acids is 1. The van der Waals surface area contributed by atoms with Gasteiger partial charge >= 0.3 is 0 Å². The molecular weight excluding hydrogens is 288 g/mol. The number of oxime groups is 1. The number of anilines is 1. The molecule has 0 saturated carbocycles. The largest absolute Gasteiger partial charge is 0.386 e. The Kier molecular flexibility index (Phi) is 6.36. The van der Waals surface area contributed by atoms with E-state index in [9.17, 15) is 4.79 Å². The number of carbonyl (C=O) groups is 1. The molecular formula is C19H22N2O2. The van der Waals surface area contributed by atoms with Crippen molar-refractivity contribution in [2.75, 3.05) is 11.9 Å². The van der Waals surface area contributed by atoms with Crippen molar-refractivity contribution in [2.45, 2.75) is 26.2 Å². The van der Waals surface area contributed by atoms with Crippen LogP contribution < -0.4 is 5.32 Å². The van der Waals surface area contributed by atoms with Gasteiger partial charge in [-0.2, -0.15) is 0 Å².